The second-order valence-corrected chi connectivity index (χ2v) is 6.62. The van der Waals surface area contributed by atoms with Crippen LogP contribution < -0.4 is 14.2 Å². The quantitative estimate of drug-likeness (QED) is 0.592. The lowest BCUT2D eigenvalue weighted by molar-refractivity contribution is 0.0466. The van der Waals surface area contributed by atoms with Crippen molar-refractivity contribution in [3.05, 3.63) is 59.1 Å². The van der Waals surface area contributed by atoms with Crippen molar-refractivity contribution in [1.82, 2.24) is 4.98 Å². The fourth-order valence-electron chi connectivity index (χ4n) is 2.61. The highest BCUT2D eigenvalue weighted by atomic mass is 32.1. The average molecular weight is 383 g/mol. The Balaban J connectivity index is 1.39. The van der Waals surface area contributed by atoms with E-state index in [0.717, 1.165) is 21.9 Å². The van der Waals surface area contributed by atoms with Crippen molar-refractivity contribution in [2.75, 3.05) is 13.4 Å². The maximum Gasteiger partial charge on any atom is 0.358 e. The van der Waals surface area contributed by atoms with Gasteiger partial charge in [-0.25, -0.2) is 9.78 Å². The minimum Gasteiger partial charge on any atom is -0.494 e. The standard InChI is InChI=1S/C20H17NO5S/c1-2-23-15-6-4-14(5-7-15)19-21-16(11-27-19)20(22)24-10-13-3-8-17-18(9-13)26-12-25-17/h3-9,11H,2,10,12H2,1H3. The lowest BCUT2D eigenvalue weighted by Crippen LogP contribution is -2.05. The number of ether oxygens (including phenoxy) is 4. The van der Waals surface area contributed by atoms with Crippen molar-refractivity contribution >= 4 is 17.3 Å². The highest BCUT2D eigenvalue weighted by molar-refractivity contribution is 7.13. The number of aromatic nitrogens is 1. The van der Waals surface area contributed by atoms with Crippen molar-refractivity contribution in [3.63, 3.8) is 0 Å². The minimum atomic E-state index is -0.457. The fourth-order valence-corrected chi connectivity index (χ4v) is 3.41. The Morgan fingerprint density at radius 1 is 1.15 bits per heavy atom. The summed E-state index contributed by atoms with van der Waals surface area (Å²) in [5, 5.41) is 2.46. The number of benzene rings is 2. The first-order valence-corrected chi connectivity index (χ1v) is 9.35. The summed E-state index contributed by atoms with van der Waals surface area (Å²) < 4.78 is 21.4. The maximum absolute atomic E-state index is 12.3. The van der Waals surface area contributed by atoms with E-state index < -0.39 is 5.97 Å². The summed E-state index contributed by atoms with van der Waals surface area (Å²) in [6.07, 6.45) is 0. The molecule has 1 aliphatic rings. The number of nitrogens with zero attached hydrogens (tertiary/aromatic N) is 1. The summed E-state index contributed by atoms with van der Waals surface area (Å²) in [5.41, 5.74) is 2.05. The Labute approximate surface area is 160 Å². The van der Waals surface area contributed by atoms with E-state index in [-0.39, 0.29) is 13.4 Å². The number of rotatable bonds is 6. The number of hydrogen-bond donors (Lipinski definition) is 0. The minimum absolute atomic E-state index is 0.144. The van der Waals surface area contributed by atoms with Crippen molar-refractivity contribution in [2.24, 2.45) is 0 Å². The third-order valence-corrected chi connectivity index (χ3v) is 4.82. The predicted octanol–water partition coefficient (Wildman–Crippen LogP) is 4.29. The van der Waals surface area contributed by atoms with Crippen molar-refractivity contribution in [3.8, 4) is 27.8 Å². The Morgan fingerprint density at radius 3 is 2.78 bits per heavy atom. The van der Waals surface area contributed by atoms with E-state index in [0.29, 0.717) is 23.8 Å². The van der Waals surface area contributed by atoms with Crippen LogP contribution in [0.15, 0.2) is 47.8 Å². The smallest absolute Gasteiger partial charge is 0.358 e. The molecular weight excluding hydrogens is 366 g/mol. The molecule has 0 amide bonds. The first kappa shape index (κ1) is 17.4. The first-order valence-electron chi connectivity index (χ1n) is 8.47. The van der Waals surface area contributed by atoms with E-state index in [4.69, 9.17) is 18.9 Å². The molecule has 1 aliphatic heterocycles. The van der Waals surface area contributed by atoms with Crippen LogP contribution in [-0.4, -0.2) is 24.4 Å². The molecule has 0 atom stereocenters. The normalized spacial score (nSPS) is 12.0. The molecule has 7 heteroatoms. The molecule has 4 rings (SSSR count). The number of carbonyl (C=O) groups excluding carboxylic acids is 1. The molecule has 0 saturated carbocycles. The van der Waals surface area contributed by atoms with E-state index in [1.807, 2.05) is 43.3 Å². The average Bonchev–Trinajstić information content (AvgIpc) is 3.36. The van der Waals surface area contributed by atoms with Crippen LogP contribution in [0.4, 0.5) is 0 Å². The Bertz CT molecular complexity index is 951. The largest absolute Gasteiger partial charge is 0.494 e. The Hall–Kier alpha value is -3.06. The summed E-state index contributed by atoms with van der Waals surface area (Å²) in [5.74, 6) is 1.71. The molecule has 3 aromatic rings. The summed E-state index contributed by atoms with van der Waals surface area (Å²) in [4.78, 5) is 16.7. The second-order valence-electron chi connectivity index (χ2n) is 5.76. The topological polar surface area (TPSA) is 66.9 Å². The van der Waals surface area contributed by atoms with E-state index >= 15 is 0 Å². The lowest BCUT2D eigenvalue weighted by Gasteiger charge is -2.04. The van der Waals surface area contributed by atoms with Gasteiger partial charge >= 0.3 is 5.97 Å². The number of esters is 1. The molecule has 1 aromatic heterocycles. The van der Waals surface area contributed by atoms with Crippen molar-refractivity contribution < 1.29 is 23.7 Å². The van der Waals surface area contributed by atoms with Gasteiger partial charge in [0.05, 0.1) is 6.61 Å². The van der Waals surface area contributed by atoms with Crippen LogP contribution in [0.5, 0.6) is 17.2 Å². The molecular formula is C20H17NO5S. The van der Waals surface area contributed by atoms with Gasteiger partial charge in [0, 0.05) is 10.9 Å². The van der Waals surface area contributed by atoms with Crippen molar-refractivity contribution in [1.29, 1.82) is 0 Å². The molecule has 0 fully saturated rings. The number of hydrogen-bond acceptors (Lipinski definition) is 7. The molecule has 0 spiro atoms. The second kappa shape index (κ2) is 7.67. The molecule has 138 valence electrons. The summed E-state index contributed by atoms with van der Waals surface area (Å²) in [6, 6.07) is 13.1. The van der Waals surface area contributed by atoms with E-state index in [1.165, 1.54) is 11.3 Å². The molecule has 2 aromatic carbocycles. The zero-order valence-corrected chi connectivity index (χ0v) is 15.5. The fraction of sp³-hybridized carbons (Fsp3) is 0.200. The third kappa shape index (κ3) is 3.88. The van der Waals surface area contributed by atoms with E-state index in [1.54, 1.807) is 11.4 Å². The van der Waals surface area contributed by atoms with Crippen LogP contribution in [0.3, 0.4) is 0 Å². The lowest BCUT2D eigenvalue weighted by atomic mass is 10.2. The van der Waals surface area contributed by atoms with Crippen LogP contribution in [0, 0.1) is 0 Å². The zero-order chi connectivity index (χ0) is 18.6. The molecule has 0 saturated heterocycles. The van der Waals surface area contributed by atoms with Gasteiger partial charge in [0.1, 0.15) is 17.4 Å². The van der Waals surface area contributed by atoms with Gasteiger partial charge < -0.3 is 18.9 Å². The monoisotopic (exact) mass is 383 g/mol. The number of thiazole rings is 1. The van der Waals surface area contributed by atoms with Gasteiger partial charge in [-0.1, -0.05) is 6.07 Å². The molecule has 0 unspecified atom stereocenters. The molecule has 27 heavy (non-hydrogen) atoms. The molecule has 0 N–H and O–H groups in total. The first-order chi connectivity index (χ1) is 13.2. The molecule has 0 aliphatic carbocycles. The van der Waals surface area contributed by atoms with Gasteiger partial charge in [0.25, 0.3) is 0 Å². The van der Waals surface area contributed by atoms with Crippen LogP contribution in [-0.2, 0) is 11.3 Å². The summed E-state index contributed by atoms with van der Waals surface area (Å²) >= 11 is 1.40. The third-order valence-electron chi connectivity index (χ3n) is 3.93. The zero-order valence-electron chi connectivity index (χ0n) is 14.6. The summed E-state index contributed by atoms with van der Waals surface area (Å²) in [7, 11) is 0. The van der Waals surface area contributed by atoms with Gasteiger partial charge in [-0.2, -0.15) is 0 Å². The predicted molar refractivity (Wildman–Crippen MR) is 100 cm³/mol. The molecule has 2 heterocycles. The van der Waals surface area contributed by atoms with Gasteiger partial charge in [0.15, 0.2) is 17.2 Å². The Kier molecular flexibility index (Phi) is 4.93. The molecule has 0 bridgehead atoms. The number of carbonyl (C=O) groups is 1. The van der Waals surface area contributed by atoms with E-state index in [9.17, 15) is 4.79 Å². The van der Waals surface area contributed by atoms with Crippen LogP contribution in [0.25, 0.3) is 10.6 Å². The highest BCUT2D eigenvalue weighted by Gasteiger charge is 2.16. The Morgan fingerprint density at radius 2 is 1.96 bits per heavy atom. The summed E-state index contributed by atoms with van der Waals surface area (Å²) in [6.45, 7) is 2.92. The van der Waals surface area contributed by atoms with Crippen LogP contribution >= 0.6 is 11.3 Å². The molecule has 6 nitrogen and oxygen atoms in total. The van der Waals surface area contributed by atoms with Crippen molar-refractivity contribution in [2.45, 2.75) is 13.5 Å². The van der Waals surface area contributed by atoms with E-state index in [2.05, 4.69) is 4.98 Å². The van der Waals surface area contributed by atoms with Gasteiger partial charge in [-0.3, -0.25) is 0 Å². The maximum atomic E-state index is 12.3. The SMILES string of the molecule is CCOc1ccc(-c2nc(C(=O)OCc3ccc4c(c3)OCO4)cs2)cc1. The van der Waals surface area contributed by atoms with Crippen LogP contribution in [0.1, 0.15) is 23.0 Å². The van der Waals surface area contributed by atoms with Gasteiger partial charge in [-0.15, -0.1) is 11.3 Å². The number of fused-ring (bicyclic) bond motifs is 1. The molecule has 0 radical (unpaired) electrons. The highest BCUT2D eigenvalue weighted by Crippen LogP contribution is 2.32. The van der Waals surface area contributed by atoms with Gasteiger partial charge in [-0.05, 0) is 48.9 Å². The van der Waals surface area contributed by atoms with Gasteiger partial charge in [0.2, 0.25) is 6.79 Å². The van der Waals surface area contributed by atoms with Crippen LogP contribution in [0.2, 0.25) is 0 Å².